The number of ether oxygens (including phenoxy) is 2. The fourth-order valence-corrected chi connectivity index (χ4v) is 3.47. The second-order valence-electron chi connectivity index (χ2n) is 6.11. The normalized spacial score (nSPS) is 32.6. The Labute approximate surface area is 139 Å². The molecule has 1 aromatic carbocycles. The number of alkyl halides is 1. The van der Waals surface area contributed by atoms with Gasteiger partial charge in [-0.2, -0.15) is 5.06 Å². The van der Waals surface area contributed by atoms with E-state index in [2.05, 4.69) is 51.9 Å². The third-order valence-corrected chi connectivity index (χ3v) is 4.95. The van der Waals surface area contributed by atoms with Crippen molar-refractivity contribution in [2.24, 2.45) is 0 Å². The summed E-state index contributed by atoms with van der Waals surface area (Å²) in [5, 5.41) is 2.09. The molecule has 0 N–H and O–H groups in total. The molecule has 0 unspecified atom stereocenters. The first-order valence-electron chi connectivity index (χ1n) is 7.42. The van der Waals surface area contributed by atoms with Gasteiger partial charge in [0.05, 0.1) is 18.8 Å². The van der Waals surface area contributed by atoms with E-state index in [4.69, 9.17) is 14.3 Å². The maximum Gasteiger partial charge on any atom is 0.163 e. The summed E-state index contributed by atoms with van der Waals surface area (Å²) in [6.07, 6.45) is 1.35. The van der Waals surface area contributed by atoms with Crippen molar-refractivity contribution in [3.05, 3.63) is 35.9 Å². The molecule has 2 aliphatic heterocycles. The summed E-state index contributed by atoms with van der Waals surface area (Å²) >= 11 is 2.39. The van der Waals surface area contributed by atoms with Crippen molar-refractivity contribution in [3.63, 3.8) is 0 Å². The zero-order valence-corrected chi connectivity index (χ0v) is 14.7. The van der Waals surface area contributed by atoms with Gasteiger partial charge in [-0.1, -0.05) is 52.9 Å². The molecule has 3 atom stereocenters. The van der Waals surface area contributed by atoms with Crippen LogP contribution in [0.5, 0.6) is 0 Å². The molecule has 4 nitrogen and oxygen atoms in total. The molecular formula is C16H22INO3. The first kappa shape index (κ1) is 15.7. The first-order valence-corrected chi connectivity index (χ1v) is 8.95. The van der Waals surface area contributed by atoms with Crippen LogP contribution >= 0.6 is 22.6 Å². The molecule has 116 valence electrons. The average Bonchev–Trinajstić information content (AvgIpc) is 3.03. The minimum absolute atomic E-state index is 0.0802. The van der Waals surface area contributed by atoms with Crippen LogP contribution in [0.4, 0.5) is 0 Å². The largest absolute Gasteiger partial charge is 0.348 e. The number of benzene rings is 1. The number of hydroxylamine groups is 2. The number of halogens is 1. The van der Waals surface area contributed by atoms with Gasteiger partial charge in [0.15, 0.2) is 5.79 Å². The molecule has 0 spiro atoms. The van der Waals surface area contributed by atoms with Gasteiger partial charge in [0.1, 0.15) is 6.10 Å². The van der Waals surface area contributed by atoms with Crippen LogP contribution in [0.2, 0.25) is 0 Å². The molecule has 0 bridgehead atoms. The van der Waals surface area contributed by atoms with Crippen LogP contribution in [0.1, 0.15) is 25.8 Å². The lowest BCUT2D eigenvalue weighted by Crippen LogP contribution is -2.40. The summed E-state index contributed by atoms with van der Waals surface area (Å²) in [6, 6.07) is 10.7. The van der Waals surface area contributed by atoms with Crippen molar-refractivity contribution in [1.29, 1.82) is 0 Å². The highest BCUT2D eigenvalue weighted by molar-refractivity contribution is 14.1. The van der Waals surface area contributed by atoms with Gasteiger partial charge in [-0.05, 0) is 25.8 Å². The number of hydrogen-bond acceptors (Lipinski definition) is 4. The van der Waals surface area contributed by atoms with Crippen molar-refractivity contribution in [2.45, 2.75) is 50.8 Å². The minimum Gasteiger partial charge on any atom is -0.348 e. The van der Waals surface area contributed by atoms with Crippen LogP contribution in [0.25, 0.3) is 0 Å². The molecule has 0 amide bonds. The van der Waals surface area contributed by atoms with Crippen molar-refractivity contribution in [1.82, 2.24) is 5.06 Å². The van der Waals surface area contributed by atoms with E-state index in [0.717, 1.165) is 17.4 Å². The van der Waals surface area contributed by atoms with E-state index in [1.54, 1.807) is 0 Å². The van der Waals surface area contributed by atoms with Crippen LogP contribution in [0.3, 0.4) is 0 Å². The summed E-state index contributed by atoms with van der Waals surface area (Å²) in [4.78, 5) is 6.10. The second-order valence-corrected chi connectivity index (χ2v) is 6.99. The third-order valence-electron chi connectivity index (χ3n) is 3.97. The van der Waals surface area contributed by atoms with E-state index in [0.29, 0.717) is 6.61 Å². The highest BCUT2D eigenvalue weighted by Gasteiger charge is 2.44. The molecule has 5 heteroatoms. The fourth-order valence-electron chi connectivity index (χ4n) is 2.95. The van der Waals surface area contributed by atoms with E-state index < -0.39 is 5.79 Å². The van der Waals surface area contributed by atoms with E-state index in [-0.39, 0.29) is 18.2 Å². The quantitative estimate of drug-likeness (QED) is 0.571. The van der Waals surface area contributed by atoms with Crippen LogP contribution in [0.15, 0.2) is 30.3 Å². The van der Waals surface area contributed by atoms with Crippen molar-refractivity contribution >= 4 is 22.6 Å². The molecule has 2 fully saturated rings. The van der Waals surface area contributed by atoms with Crippen LogP contribution in [-0.2, 0) is 20.9 Å². The van der Waals surface area contributed by atoms with Gasteiger partial charge in [0.2, 0.25) is 0 Å². The van der Waals surface area contributed by atoms with Crippen molar-refractivity contribution in [2.75, 3.05) is 11.0 Å². The SMILES string of the molecule is CC1(C)OC[C@H]([C@H]2C[C@@H](CI)ON2Cc2ccccc2)O1. The average molecular weight is 403 g/mol. The Hall–Kier alpha value is -0.210. The maximum absolute atomic E-state index is 6.10. The summed E-state index contributed by atoms with van der Waals surface area (Å²) in [5.41, 5.74) is 1.26. The van der Waals surface area contributed by atoms with Gasteiger partial charge in [0, 0.05) is 11.0 Å². The number of nitrogens with zero attached hydrogens (tertiary/aromatic N) is 1. The van der Waals surface area contributed by atoms with Gasteiger partial charge >= 0.3 is 0 Å². The van der Waals surface area contributed by atoms with Crippen LogP contribution in [-0.4, -0.2) is 40.1 Å². The number of hydrogen-bond donors (Lipinski definition) is 0. The van der Waals surface area contributed by atoms with Gasteiger partial charge in [-0.3, -0.25) is 4.84 Å². The summed E-state index contributed by atoms with van der Waals surface area (Å²) in [5.74, 6) is -0.481. The lowest BCUT2D eigenvalue weighted by molar-refractivity contribution is -0.192. The minimum atomic E-state index is -0.481. The Morgan fingerprint density at radius 3 is 2.67 bits per heavy atom. The molecule has 2 saturated heterocycles. The topological polar surface area (TPSA) is 30.9 Å². The number of rotatable bonds is 4. The lowest BCUT2D eigenvalue weighted by atomic mass is 10.1. The van der Waals surface area contributed by atoms with E-state index in [1.807, 2.05) is 19.9 Å². The second kappa shape index (κ2) is 6.50. The van der Waals surface area contributed by atoms with Gasteiger partial charge < -0.3 is 9.47 Å². The standard InChI is InChI=1S/C16H22INO3/c1-16(2)19-11-15(20-16)14-8-13(9-17)21-18(14)10-12-6-4-3-5-7-12/h3-7,13-15H,8-11H2,1-2H3/t13-,14+,15+/m0/s1. The van der Waals surface area contributed by atoms with E-state index in [1.165, 1.54) is 5.56 Å². The summed E-state index contributed by atoms with van der Waals surface area (Å²) < 4.78 is 12.8. The highest BCUT2D eigenvalue weighted by Crippen LogP contribution is 2.33. The Kier molecular flexibility index (Phi) is 4.85. The zero-order valence-electron chi connectivity index (χ0n) is 12.5. The Balaban J connectivity index is 1.71. The summed E-state index contributed by atoms with van der Waals surface area (Å²) in [6.45, 7) is 5.37. The van der Waals surface area contributed by atoms with Gasteiger partial charge in [-0.25, -0.2) is 0 Å². The Bertz CT molecular complexity index is 468. The highest BCUT2D eigenvalue weighted by atomic mass is 127. The zero-order chi connectivity index (χ0) is 14.9. The lowest BCUT2D eigenvalue weighted by Gasteiger charge is -2.27. The Morgan fingerprint density at radius 2 is 2.05 bits per heavy atom. The maximum atomic E-state index is 6.10. The van der Waals surface area contributed by atoms with Crippen molar-refractivity contribution < 1.29 is 14.3 Å². The fraction of sp³-hybridized carbons (Fsp3) is 0.625. The van der Waals surface area contributed by atoms with Gasteiger partial charge in [0.25, 0.3) is 0 Å². The third kappa shape index (κ3) is 3.76. The molecule has 21 heavy (non-hydrogen) atoms. The van der Waals surface area contributed by atoms with Gasteiger partial charge in [-0.15, -0.1) is 0 Å². The molecule has 2 aliphatic rings. The Morgan fingerprint density at radius 1 is 1.29 bits per heavy atom. The summed E-state index contributed by atoms with van der Waals surface area (Å²) in [7, 11) is 0. The van der Waals surface area contributed by atoms with Crippen LogP contribution < -0.4 is 0 Å². The van der Waals surface area contributed by atoms with Crippen molar-refractivity contribution in [3.8, 4) is 0 Å². The van der Waals surface area contributed by atoms with E-state index in [9.17, 15) is 0 Å². The first-order chi connectivity index (χ1) is 10.1. The molecule has 1 aromatic rings. The molecule has 0 aromatic heterocycles. The molecular weight excluding hydrogens is 381 g/mol. The molecule has 2 heterocycles. The van der Waals surface area contributed by atoms with E-state index >= 15 is 0 Å². The molecule has 0 aliphatic carbocycles. The predicted molar refractivity (Wildman–Crippen MR) is 89.1 cm³/mol. The monoisotopic (exact) mass is 403 g/mol. The van der Waals surface area contributed by atoms with Crippen LogP contribution in [0, 0.1) is 0 Å². The predicted octanol–water partition coefficient (Wildman–Crippen LogP) is 3.15. The molecule has 0 radical (unpaired) electrons. The molecule has 0 saturated carbocycles. The smallest absolute Gasteiger partial charge is 0.163 e. The molecule has 3 rings (SSSR count).